The molecule has 2 aromatic carbocycles. The first-order chi connectivity index (χ1) is 11.5. The number of carbonyl (C=O) groups excluding carboxylic acids is 1. The van der Waals surface area contributed by atoms with Crippen LogP contribution in [-0.4, -0.2) is 18.2 Å². The Balaban J connectivity index is 1.84. The maximum absolute atomic E-state index is 11.8. The van der Waals surface area contributed by atoms with Crippen LogP contribution in [0.25, 0.3) is 0 Å². The van der Waals surface area contributed by atoms with Gasteiger partial charge in [0.1, 0.15) is 5.75 Å². The third kappa shape index (κ3) is 5.23. The maximum atomic E-state index is 11.8. The Kier molecular flexibility index (Phi) is 6.13. The van der Waals surface area contributed by atoms with E-state index in [1.165, 1.54) is 11.1 Å². The van der Waals surface area contributed by atoms with Crippen LogP contribution in [0.2, 0.25) is 0 Å². The molecule has 0 radical (unpaired) electrons. The summed E-state index contributed by atoms with van der Waals surface area (Å²) in [5.41, 5.74) is 6.68. The van der Waals surface area contributed by atoms with Crippen molar-refractivity contribution in [2.45, 2.75) is 33.6 Å². The first-order valence-electron chi connectivity index (χ1n) is 8.08. The molecule has 0 aromatic heterocycles. The zero-order valence-electron chi connectivity index (χ0n) is 14.7. The lowest BCUT2D eigenvalue weighted by Crippen LogP contribution is -2.25. The van der Waals surface area contributed by atoms with Crippen LogP contribution in [0.5, 0.6) is 5.75 Å². The van der Waals surface area contributed by atoms with Crippen molar-refractivity contribution in [3.8, 4) is 5.75 Å². The molecule has 2 rings (SSSR count). The van der Waals surface area contributed by atoms with Crippen molar-refractivity contribution in [3.63, 3.8) is 0 Å². The molecule has 24 heavy (non-hydrogen) atoms. The number of amides is 1. The summed E-state index contributed by atoms with van der Waals surface area (Å²) in [7, 11) is 0. The Labute approximate surface area is 143 Å². The van der Waals surface area contributed by atoms with Gasteiger partial charge in [-0.25, -0.2) is 5.43 Å². The van der Waals surface area contributed by atoms with Gasteiger partial charge in [0.25, 0.3) is 5.91 Å². The molecular formula is C20H24N2O2. The predicted octanol–water partition coefficient (Wildman–Crippen LogP) is 4.04. The molecule has 4 heteroatoms. The zero-order valence-corrected chi connectivity index (χ0v) is 14.7. The van der Waals surface area contributed by atoms with Gasteiger partial charge in [-0.1, -0.05) is 55.8 Å². The van der Waals surface area contributed by atoms with Crippen LogP contribution < -0.4 is 10.2 Å². The van der Waals surface area contributed by atoms with E-state index in [1.54, 1.807) is 0 Å². The van der Waals surface area contributed by atoms with Crippen LogP contribution in [0, 0.1) is 6.92 Å². The van der Waals surface area contributed by atoms with E-state index in [9.17, 15) is 4.79 Å². The Morgan fingerprint density at radius 3 is 2.29 bits per heavy atom. The lowest BCUT2D eigenvalue weighted by molar-refractivity contribution is -0.123. The summed E-state index contributed by atoms with van der Waals surface area (Å²) in [6.45, 7) is 8.10. The van der Waals surface area contributed by atoms with Crippen molar-refractivity contribution in [2.24, 2.45) is 5.10 Å². The molecule has 0 saturated heterocycles. The normalized spacial score (nSPS) is 11.5. The van der Waals surface area contributed by atoms with Gasteiger partial charge in [0.15, 0.2) is 6.61 Å². The second-order valence-corrected chi connectivity index (χ2v) is 6.11. The standard InChI is InChI=1S/C20H24N2O2/c1-14(2)17-9-11-19(12-10-17)24-13-20(23)22-21-16(4)18-7-5-15(3)6-8-18/h5-12,14H,13H2,1-4H3,(H,22,23)/b21-16+. The number of hydrazone groups is 1. The highest BCUT2D eigenvalue weighted by Gasteiger charge is 2.04. The highest BCUT2D eigenvalue weighted by Crippen LogP contribution is 2.18. The van der Waals surface area contributed by atoms with E-state index in [0.717, 1.165) is 11.3 Å². The average molecular weight is 324 g/mol. The lowest BCUT2D eigenvalue weighted by Gasteiger charge is -2.08. The SMILES string of the molecule is C/C(=N\NC(=O)COc1ccc(C(C)C)cc1)c1ccc(C)cc1. The van der Waals surface area contributed by atoms with E-state index < -0.39 is 0 Å². The van der Waals surface area contributed by atoms with E-state index in [2.05, 4.69) is 24.4 Å². The van der Waals surface area contributed by atoms with Crippen LogP contribution in [0.4, 0.5) is 0 Å². The van der Waals surface area contributed by atoms with Gasteiger partial charge in [0.05, 0.1) is 5.71 Å². The molecule has 0 aliphatic heterocycles. The van der Waals surface area contributed by atoms with Gasteiger partial charge in [0.2, 0.25) is 0 Å². The van der Waals surface area contributed by atoms with Crippen LogP contribution in [-0.2, 0) is 4.79 Å². The first kappa shape index (κ1) is 17.7. The summed E-state index contributed by atoms with van der Waals surface area (Å²) in [4.78, 5) is 11.8. The first-order valence-corrected chi connectivity index (χ1v) is 8.08. The summed E-state index contributed by atoms with van der Waals surface area (Å²) in [6.07, 6.45) is 0. The van der Waals surface area contributed by atoms with Crippen LogP contribution in [0.15, 0.2) is 53.6 Å². The molecule has 1 N–H and O–H groups in total. The number of rotatable bonds is 6. The molecule has 0 unspecified atom stereocenters. The Morgan fingerprint density at radius 1 is 1.08 bits per heavy atom. The number of benzene rings is 2. The van der Waals surface area contributed by atoms with Crippen LogP contribution in [0.3, 0.4) is 0 Å². The summed E-state index contributed by atoms with van der Waals surface area (Å²) in [6, 6.07) is 15.8. The lowest BCUT2D eigenvalue weighted by atomic mass is 10.0. The Hall–Kier alpha value is -2.62. The zero-order chi connectivity index (χ0) is 17.5. The second-order valence-electron chi connectivity index (χ2n) is 6.11. The number of carbonyl (C=O) groups is 1. The largest absolute Gasteiger partial charge is 0.484 e. The number of nitrogens with one attached hydrogen (secondary N) is 1. The molecule has 2 aromatic rings. The Bertz CT molecular complexity index is 701. The molecular weight excluding hydrogens is 300 g/mol. The maximum Gasteiger partial charge on any atom is 0.277 e. The van der Waals surface area contributed by atoms with Crippen LogP contribution >= 0.6 is 0 Å². The number of aryl methyl sites for hydroxylation is 1. The fourth-order valence-electron chi connectivity index (χ4n) is 2.14. The molecule has 0 fully saturated rings. The topological polar surface area (TPSA) is 50.7 Å². The minimum Gasteiger partial charge on any atom is -0.484 e. The van der Waals surface area contributed by atoms with Gasteiger partial charge >= 0.3 is 0 Å². The van der Waals surface area contributed by atoms with Crippen molar-refractivity contribution >= 4 is 11.6 Å². The molecule has 4 nitrogen and oxygen atoms in total. The number of nitrogens with zero attached hydrogens (tertiary/aromatic N) is 1. The number of hydrogen-bond donors (Lipinski definition) is 1. The number of hydrogen-bond acceptors (Lipinski definition) is 3. The summed E-state index contributed by atoms with van der Waals surface area (Å²) in [5, 5.41) is 4.11. The van der Waals surface area contributed by atoms with E-state index in [-0.39, 0.29) is 12.5 Å². The van der Waals surface area contributed by atoms with Crippen molar-refractivity contribution < 1.29 is 9.53 Å². The van der Waals surface area contributed by atoms with Gasteiger partial charge in [-0.15, -0.1) is 0 Å². The van der Waals surface area contributed by atoms with Crippen LogP contribution in [0.1, 0.15) is 43.4 Å². The monoisotopic (exact) mass is 324 g/mol. The van der Waals surface area contributed by atoms with Gasteiger partial charge < -0.3 is 4.74 Å². The molecule has 126 valence electrons. The molecule has 0 aliphatic carbocycles. The summed E-state index contributed by atoms with van der Waals surface area (Å²) < 4.78 is 5.47. The van der Waals surface area contributed by atoms with Crippen molar-refractivity contribution in [3.05, 3.63) is 65.2 Å². The van der Waals surface area contributed by atoms with E-state index in [1.807, 2.05) is 62.4 Å². The molecule has 0 saturated carbocycles. The molecule has 0 bridgehead atoms. The smallest absolute Gasteiger partial charge is 0.277 e. The quantitative estimate of drug-likeness (QED) is 0.644. The molecule has 1 amide bonds. The predicted molar refractivity (Wildman–Crippen MR) is 97.6 cm³/mol. The van der Waals surface area contributed by atoms with Gasteiger partial charge in [-0.2, -0.15) is 5.10 Å². The third-order valence-corrected chi connectivity index (χ3v) is 3.73. The molecule has 0 aliphatic rings. The van der Waals surface area contributed by atoms with E-state index >= 15 is 0 Å². The number of ether oxygens (including phenoxy) is 1. The van der Waals surface area contributed by atoms with E-state index in [4.69, 9.17) is 4.74 Å². The van der Waals surface area contributed by atoms with Crippen molar-refractivity contribution in [1.29, 1.82) is 0 Å². The fourth-order valence-corrected chi connectivity index (χ4v) is 2.14. The highest BCUT2D eigenvalue weighted by molar-refractivity contribution is 5.99. The summed E-state index contributed by atoms with van der Waals surface area (Å²) >= 11 is 0. The Morgan fingerprint density at radius 2 is 1.71 bits per heavy atom. The molecule has 0 atom stereocenters. The minimum absolute atomic E-state index is 0.0638. The summed E-state index contributed by atoms with van der Waals surface area (Å²) in [5.74, 6) is 0.865. The molecule has 0 spiro atoms. The van der Waals surface area contributed by atoms with Gasteiger partial charge in [0, 0.05) is 0 Å². The average Bonchev–Trinajstić information content (AvgIpc) is 2.58. The second kappa shape index (κ2) is 8.29. The van der Waals surface area contributed by atoms with Crippen molar-refractivity contribution in [2.75, 3.05) is 6.61 Å². The van der Waals surface area contributed by atoms with E-state index in [0.29, 0.717) is 11.7 Å². The fraction of sp³-hybridized carbons (Fsp3) is 0.300. The minimum atomic E-state index is -0.283. The highest BCUT2D eigenvalue weighted by atomic mass is 16.5. The van der Waals surface area contributed by atoms with Gasteiger partial charge in [-0.3, -0.25) is 4.79 Å². The van der Waals surface area contributed by atoms with Crippen molar-refractivity contribution in [1.82, 2.24) is 5.43 Å². The molecule has 0 heterocycles. The third-order valence-electron chi connectivity index (χ3n) is 3.73. The van der Waals surface area contributed by atoms with Gasteiger partial charge in [-0.05, 0) is 43.0 Å².